The van der Waals surface area contributed by atoms with Crippen LogP contribution in [0.5, 0.6) is 0 Å². The molecule has 1 N–H and O–H groups in total. The zero-order chi connectivity index (χ0) is 14.2. The van der Waals surface area contributed by atoms with Gasteiger partial charge in [-0.05, 0) is 35.6 Å². The highest BCUT2D eigenvalue weighted by Gasteiger charge is 2.38. The lowest BCUT2D eigenvalue weighted by Crippen LogP contribution is -2.58. The Morgan fingerprint density at radius 1 is 1.45 bits per heavy atom. The molecule has 0 saturated carbocycles. The maximum absolute atomic E-state index is 10.3. The topological polar surface area (TPSA) is 45.6 Å². The summed E-state index contributed by atoms with van der Waals surface area (Å²) in [6.45, 7) is 7.76. The van der Waals surface area contributed by atoms with E-state index in [2.05, 4.69) is 35.9 Å². The van der Waals surface area contributed by atoms with Gasteiger partial charge in [-0.3, -0.25) is 9.88 Å². The highest BCUT2D eigenvalue weighted by Crippen LogP contribution is 2.26. The predicted molar refractivity (Wildman–Crippen MR) is 78.3 cm³/mol. The summed E-state index contributed by atoms with van der Waals surface area (Å²) < 4.78 is 5.13. The van der Waals surface area contributed by atoms with Crippen molar-refractivity contribution in [3.05, 3.63) is 35.7 Å². The fourth-order valence-corrected chi connectivity index (χ4v) is 3.05. The lowest BCUT2D eigenvalue weighted by Gasteiger charge is -2.42. The summed E-state index contributed by atoms with van der Waals surface area (Å²) >= 11 is 0. The van der Waals surface area contributed by atoms with Gasteiger partial charge in [-0.25, -0.2) is 0 Å². The van der Waals surface area contributed by atoms with Crippen molar-refractivity contribution >= 4 is 5.57 Å². The van der Waals surface area contributed by atoms with Gasteiger partial charge in [0.15, 0.2) is 0 Å². The summed E-state index contributed by atoms with van der Waals surface area (Å²) in [6.07, 6.45) is 6.13. The highest BCUT2D eigenvalue weighted by molar-refractivity contribution is 5.67. The number of ether oxygens (including phenoxy) is 1. The van der Waals surface area contributed by atoms with E-state index in [4.69, 9.17) is 4.74 Å². The van der Waals surface area contributed by atoms with Gasteiger partial charge in [-0.15, -0.1) is 0 Å². The molecule has 0 radical (unpaired) electrons. The SMILES string of the molecule is Cc1cncc(C2=C[C@H](C)CN(CC3(O)COC3)C2)c1. The average molecular weight is 274 g/mol. The molecule has 1 aromatic heterocycles. The van der Waals surface area contributed by atoms with E-state index >= 15 is 0 Å². The smallest absolute Gasteiger partial charge is 0.124 e. The van der Waals surface area contributed by atoms with Gasteiger partial charge < -0.3 is 9.84 Å². The number of β-amino-alcohol motifs (C(OH)–C–C–N with tert-alkyl or cyclic N) is 1. The molecule has 20 heavy (non-hydrogen) atoms. The van der Waals surface area contributed by atoms with Gasteiger partial charge in [0.1, 0.15) is 5.60 Å². The van der Waals surface area contributed by atoms with Crippen LogP contribution < -0.4 is 0 Å². The summed E-state index contributed by atoms with van der Waals surface area (Å²) in [6, 6.07) is 2.18. The lowest BCUT2D eigenvalue weighted by molar-refractivity contribution is -0.186. The van der Waals surface area contributed by atoms with E-state index in [-0.39, 0.29) is 0 Å². The number of pyridine rings is 1. The van der Waals surface area contributed by atoms with Gasteiger partial charge in [0, 0.05) is 32.0 Å². The molecular formula is C16H22N2O2. The molecule has 1 fully saturated rings. The molecule has 3 rings (SSSR count). The van der Waals surface area contributed by atoms with Crippen LogP contribution in [0.3, 0.4) is 0 Å². The van der Waals surface area contributed by atoms with Crippen LogP contribution in [0.25, 0.3) is 5.57 Å². The monoisotopic (exact) mass is 274 g/mol. The fourth-order valence-electron chi connectivity index (χ4n) is 3.05. The molecule has 3 heterocycles. The molecule has 1 saturated heterocycles. The normalized spacial score (nSPS) is 25.9. The summed E-state index contributed by atoms with van der Waals surface area (Å²) in [5.74, 6) is 0.490. The first-order chi connectivity index (χ1) is 9.54. The summed E-state index contributed by atoms with van der Waals surface area (Å²) in [4.78, 5) is 6.61. The van der Waals surface area contributed by atoms with E-state index in [9.17, 15) is 5.11 Å². The predicted octanol–water partition coefficient (Wildman–Crippen LogP) is 1.49. The Labute approximate surface area is 120 Å². The Morgan fingerprint density at radius 3 is 2.90 bits per heavy atom. The van der Waals surface area contributed by atoms with Gasteiger partial charge in [0.2, 0.25) is 0 Å². The van der Waals surface area contributed by atoms with Crippen LogP contribution >= 0.6 is 0 Å². The minimum atomic E-state index is -0.646. The van der Waals surface area contributed by atoms with Crippen LogP contribution in [0.15, 0.2) is 24.5 Å². The third-order valence-corrected chi connectivity index (χ3v) is 3.93. The minimum Gasteiger partial charge on any atom is -0.384 e. The molecule has 0 aromatic carbocycles. The van der Waals surface area contributed by atoms with Crippen LogP contribution in [-0.4, -0.2) is 53.4 Å². The van der Waals surface area contributed by atoms with Gasteiger partial charge in [-0.1, -0.05) is 13.0 Å². The Hall–Kier alpha value is -1.23. The van der Waals surface area contributed by atoms with E-state index < -0.39 is 5.60 Å². The first-order valence-electron chi connectivity index (χ1n) is 7.19. The number of hydrogen-bond donors (Lipinski definition) is 1. The summed E-state index contributed by atoms with van der Waals surface area (Å²) in [7, 11) is 0. The zero-order valence-electron chi connectivity index (χ0n) is 12.2. The van der Waals surface area contributed by atoms with Crippen molar-refractivity contribution in [1.82, 2.24) is 9.88 Å². The molecule has 0 aliphatic carbocycles. The number of aliphatic hydroxyl groups is 1. The molecule has 0 spiro atoms. The standard InChI is InChI=1S/C16H22N2O2/c1-12-3-14(6-17-5-12)15-4-13(2)7-18(8-15)9-16(19)10-20-11-16/h3-6,13,19H,7-11H2,1-2H3/t13-/m0/s1. The first-order valence-corrected chi connectivity index (χ1v) is 7.19. The molecule has 1 atom stereocenters. The Morgan fingerprint density at radius 2 is 2.25 bits per heavy atom. The molecular weight excluding hydrogens is 252 g/mol. The Kier molecular flexibility index (Phi) is 3.63. The number of aromatic nitrogens is 1. The third kappa shape index (κ3) is 2.92. The van der Waals surface area contributed by atoms with Gasteiger partial charge >= 0.3 is 0 Å². The third-order valence-electron chi connectivity index (χ3n) is 3.93. The first kappa shape index (κ1) is 13.7. The zero-order valence-corrected chi connectivity index (χ0v) is 12.2. The molecule has 0 amide bonds. The molecule has 4 nitrogen and oxygen atoms in total. The fraction of sp³-hybridized carbons (Fsp3) is 0.562. The van der Waals surface area contributed by atoms with E-state index in [1.807, 2.05) is 12.4 Å². The maximum Gasteiger partial charge on any atom is 0.124 e. The molecule has 2 aliphatic heterocycles. The Balaban J connectivity index is 1.75. The number of rotatable bonds is 3. The molecule has 4 heteroatoms. The van der Waals surface area contributed by atoms with Crippen LogP contribution in [0.1, 0.15) is 18.1 Å². The van der Waals surface area contributed by atoms with E-state index in [1.165, 1.54) is 16.7 Å². The van der Waals surface area contributed by atoms with Crippen molar-refractivity contribution < 1.29 is 9.84 Å². The van der Waals surface area contributed by atoms with E-state index in [0.29, 0.717) is 25.7 Å². The molecule has 2 aliphatic rings. The molecule has 1 aromatic rings. The van der Waals surface area contributed by atoms with Gasteiger partial charge in [-0.2, -0.15) is 0 Å². The van der Waals surface area contributed by atoms with Gasteiger partial charge in [0.25, 0.3) is 0 Å². The summed E-state index contributed by atoms with van der Waals surface area (Å²) in [5, 5.41) is 10.3. The van der Waals surface area contributed by atoms with Crippen LogP contribution in [0.2, 0.25) is 0 Å². The number of aryl methyl sites for hydroxylation is 1. The van der Waals surface area contributed by atoms with Crippen molar-refractivity contribution in [3.8, 4) is 0 Å². The lowest BCUT2D eigenvalue weighted by atomic mass is 9.94. The molecule has 0 bridgehead atoms. The summed E-state index contributed by atoms with van der Waals surface area (Å²) in [5.41, 5.74) is 3.04. The van der Waals surface area contributed by atoms with Crippen LogP contribution in [0.4, 0.5) is 0 Å². The Bertz CT molecular complexity index is 523. The van der Waals surface area contributed by atoms with Crippen molar-refractivity contribution in [2.75, 3.05) is 32.8 Å². The second-order valence-corrected chi connectivity index (χ2v) is 6.31. The average Bonchev–Trinajstić information content (AvgIpc) is 2.36. The van der Waals surface area contributed by atoms with E-state index in [1.54, 1.807) is 0 Å². The van der Waals surface area contributed by atoms with Crippen molar-refractivity contribution in [3.63, 3.8) is 0 Å². The van der Waals surface area contributed by atoms with E-state index in [0.717, 1.165) is 13.1 Å². The molecule has 108 valence electrons. The second kappa shape index (κ2) is 5.28. The minimum absolute atomic E-state index is 0.461. The van der Waals surface area contributed by atoms with Crippen molar-refractivity contribution in [2.24, 2.45) is 5.92 Å². The second-order valence-electron chi connectivity index (χ2n) is 6.31. The van der Waals surface area contributed by atoms with Gasteiger partial charge in [0.05, 0.1) is 13.2 Å². The number of hydrogen-bond acceptors (Lipinski definition) is 4. The number of nitrogens with zero attached hydrogens (tertiary/aromatic N) is 2. The van der Waals surface area contributed by atoms with Crippen LogP contribution in [0, 0.1) is 12.8 Å². The van der Waals surface area contributed by atoms with Crippen molar-refractivity contribution in [2.45, 2.75) is 19.4 Å². The van der Waals surface area contributed by atoms with Crippen LogP contribution in [-0.2, 0) is 4.74 Å². The van der Waals surface area contributed by atoms with Crippen molar-refractivity contribution in [1.29, 1.82) is 0 Å². The molecule has 0 unspecified atom stereocenters. The largest absolute Gasteiger partial charge is 0.384 e. The quantitative estimate of drug-likeness (QED) is 0.907. The highest BCUT2D eigenvalue weighted by atomic mass is 16.5. The maximum atomic E-state index is 10.3.